The predicted molar refractivity (Wildman–Crippen MR) is 91.9 cm³/mol. The molecule has 2 rings (SSSR count). The van der Waals surface area contributed by atoms with Gasteiger partial charge in [0.15, 0.2) is 0 Å². The van der Waals surface area contributed by atoms with E-state index in [1.807, 2.05) is 32.0 Å². The number of hydrogen-bond donors (Lipinski definition) is 1. The Hall–Kier alpha value is -1.94. The van der Waals surface area contributed by atoms with E-state index >= 15 is 0 Å². The summed E-state index contributed by atoms with van der Waals surface area (Å²) < 4.78 is 19.1. The van der Waals surface area contributed by atoms with Crippen LogP contribution in [0, 0.1) is 18.8 Å². The number of nitrogens with zero attached hydrogens (tertiary/aromatic N) is 1. The van der Waals surface area contributed by atoms with E-state index in [1.54, 1.807) is 6.07 Å². The third-order valence-electron chi connectivity index (χ3n) is 3.67. The maximum Gasteiger partial charge on any atom is 0.213 e. The lowest BCUT2D eigenvalue weighted by Crippen LogP contribution is -2.43. The van der Waals surface area contributed by atoms with Gasteiger partial charge in [0, 0.05) is 17.8 Å². The average molecular weight is 316 g/mol. The van der Waals surface area contributed by atoms with E-state index in [-0.39, 0.29) is 5.54 Å². The number of aryl methyl sites for hydroxylation is 1. The molecular weight excluding hydrogens is 291 g/mol. The van der Waals surface area contributed by atoms with Crippen molar-refractivity contribution in [2.45, 2.75) is 39.7 Å². The molecule has 0 radical (unpaired) electrons. The maximum absolute atomic E-state index is 13.2. The van der Waals surface area contributed by atoms with Crippen LogP contribution in [-0.4, -0.2) is 17.1 Å². The van der Waals surface area contributed by atoms with Crippen LogP contribution in [0.3, 0.4) is 0 Å². The molecule has 0 aliphatic rings. The highest BCUT2D eigenvalue weighted by Gasteiger charge is 2.21. The van der Waals surface area contributed by atoms with Crippen molar-refractivity contribution >= 4 is 0 Å². The summed E-state index contributed by atoms with van der Waals surface area (Å²) in [6, 6.07) is 9.04. The summed E-state index contributed by atoms with van der Waals surface area (Å²) >= 11 is 0. The van der Waals surface area contributed by atoms with Crippen LogP contribution in [0.1, 0.15) is 32.8 Å². The SMILES string of the molecule is Cc1cc(-c2ccnc(F)c2)ccc1OC[C@@](C)(N)CC(C)C. The van der Waals surface area contributed by atoms with Gasteiger partial charge in [-0.1, -0.05) is 19.9 Å². The Morgan fingerprint density at radius 1 is 1.22 bits per heavy atom. The van der Waals surface area contributed by atoms with E-state index in [1.165, 1.54) is 12.3 Å². The molecular formula is C19H25FN2O. The van der Waals surface area contributed by atoms with Gasteiger partial charge in [0.25, 0.3) is 0 Å². The van der Waals surface area contributed by atoms with Crippen LogP contribution in [0.15, 0.2) is 36.5 Å². The minimum Gasteiger partial charge on any atom is -0.491 e. The molecule has 4 heteroatoms. The molecule has 2 aromatic rings. The lowest BCUT2D eigenvalue weighted by Gasteiger charge is -2.27. The second-order valence-electron chi connectivity index (χ2n) is 6.89. The smallest absolute Gasteiger partial charge is 0.213 e. The number of nitrogens with two attached hydrogens (primary N) is 1. The number of aromatic nitrogens is 1. The molecule has 0 saturated heterocycles. The third kappa shape index (κ3) is 5.03. The Balaban J connectivity index is 2.11. The average Bonchev–Trinajstić information content (AvgIpc) is 2.44. The van der Waals surface area contributed by atoms with E-state index in [0.717, 1.165) is 28.9 Å². The summed E-state index contributed by atoms with van der Waals surface area (Å²) in [5.74, 6) is 0.857. The zero-order valence-electron chi connectivity index (χ0n) is 14.3. The fourth-order valence-corrected chi connectivity index (χ4v) is 2.81. The fourth-order valence-electron chi connectivity index (χ4n) is 2.81. The van der Waals surface area contributed by atoms with Crippen molar-refractivity contribution < 1.29 is 9.13 Å². The molecule has 0 aliphatic carbocycles. The Bertz CT molecular complexity index is 668. The van der Waals surface area contributed by atoms with Gasteiger partial charge in [-0.05, 0) is 61.1 Å². The van der Waals surface area contributed by atoms with E-state index in [0.29, 0.717) is 12.5 Å². The van der Waals surface area contributed by atoms with Gasteiger partial charge in [0.05, 0.1) is 0 Å². The first-order valence-electron chi connectivity index (χ1n) is 7.91. The largest absolute Gasteiger partial charge is 0.491 e. The molecule has 0 fully saturated rings. The van der Waals surface area contributed by atoms with Crippen molar-refractivity contribution in [3.05, 3.63) is 48.0 Å². The van der Waals surface area contributed by atoms with Crippen molar-refractivity contribution in [2.24, 2.45) is 11.7 Å². The fraction of sp³-hybridized carbons (Fsp3) is 0.421. The third-order valence-corrected chi connectivity index (χ3v) is 3.67. The number of pyridine rings is 1. The molecule has 23 heavy (non-hydrogen) atoms. The summed E-state index contributed by atoms with van der Waals surface area (Å²) in [5.41, 5.74) is 8.67. The topological polar surface area (TPSA) is 48.1 Å². The number of rotatable bonds is 6. The molecule has 3 nitrogen and oxygen atoms in total. The van der Waals surface area contributed by atoms with Crippen LogP contribution in [0.4, 0.5) is 4.39 Å². The normalized spacial score (nSPS) is 13.9. The standard InChI is InChI=1S/C19H25FN2O/c1-13(2)11-19(4,21)12-23-17-6-5-15(9-14(17)3)16-7-8-22-18(20)10-16/h5-10,13H,11-12,21H2,1-4H3/t19-/m0/s1. The second kappa shape index (κ2) is 7.09. The molecule has 0 bridgehead atoms. The molecule has 0 saturated carbocycles. The Kier molecular flexibility index (Phi) is 5.37. The van der Waals surface area contributed by atoms with Crippen LogP contribution < -0.4 is 10.5 Å². The molecule has 0 unspecified atom stereocenters. The van der Waals surface area contributed by atoms with Gasteiger partial charge in [-0.2, -0.15) is 4.39 Å². The van der Waals surface area contributed by atoms with Gasteiger partial charge in [-0.25, -0.2) is 4.98 Å². The highest BCUT2D eigenvalue weighted by molar-refractivity contribution is 5.65. The molecule has 1 atom stereocenters. The predicted octanol–water partition coefficient (Wildman–Crippen LogP) is 4.34. The van der Waals surface area contributed by atoms with Gasteiger partial charge in [0.2, 0.25) is 5.95 Å². The molecule has 1 heterocycles. The highest BCUT2D eigenvalue weighted by Crippen LogP contribution is 2.27. The van der Waals surface area contributed by atoms with Crippen LogP contribution in [0.5, 0.6) is 5.75 Å². The number of hydrogen-bond acceptors (Lipinski definition) is 3. The van der Waals surface area contributed by atoms with Gasteiger partial charge in [-0.3, -0.25) is 0 Å². The minimum absolute atomic E-state index is 0.354. The van der Waals surface area contributed by atoms with Crippen molar-refractivity contribution in [1.82, 2.24) is 4.98 Å². The Labute approximate surface area is 137 Å². The first kappa shape index (κ1) is 17.4. The van der Waals surface area contributed by atoms with E-state index in [4.69, 9.17) is 10.5 Å². The van der Waals surface area contributed by atoms with Crippen LogP contribution in [-0.2, 0) is 0 Å². The summed E-state index contributed by atoms with van der Waals surface area (Å²) in [7, 11) is 0. The summed E-state index contributed by atoms with van der Waals surface area (Å²) in [4.78, 5) is 3.58. The molecule has 1 aromatic carbocycles. The lowest BCUT2D eigenvalue weighted by molar-refractivity contribution is 0.206. The van der Waals surface area contributed by atoms with E-state index in [9.17, 15) is 4.39 Å². The van der Waals surface area contributed by atoms with Crippen molar-refractivity contribution in [2.75, 3.05) is 6.61 Å². The zero-order valence-corrected chi connectivity index (χ0v) is 14.3. The Morgan fingerprint density at radius 2 is 1.91 bits per heavy atom. The lowest BCUT2D eigenvalue weighted by atomic mass is 9.93. The van der Waals surface area contributed by atoms with Gasteiger partial charge >= 0.3 is 0 Å². The summed E-state index contributed by atoms with van der Waals surface area (Å²) in [6.07, 6.45) is 2.37. The summed E-state index contributed by atoms with van der Waals surface area (Å²) in [6.45, 7) is 8.76. The van der Waals surface area contributed by atoms with Crippen molar-refractivity contribution in [3.8, 4) is 16.9 Å². The molecule has 124 valence electrons. The van der Waals surface area contributed by atoms with Crippen LogP contribution in [0.25, 0.3) is 11.1 Å². The maximum atomic E-state index is 13.2. The molecule has 0 amide bonds. The molecule has 2 N–H and O–H groups in total. The monoisotopic (exact) mass is 316 g/mol. The second-order valence-corrected chi connectivity index (χ2v) is 6.89. The Morgan fingerprint density at radius 3 is 2.52 bits per heavy atom. The van der Waals surface area contributed by atoms with Gasteiger partial charge in [0.1, 0.15) is 12.4 Å². The molecule has 0 spiro atoms. The van der Waals surface area contributed by atoms with Gasteiger partial charge in [-0.15, -0.1) is 0 Å². The quantitative estimate of drug-likeness (QED) is 0.807. The highest BCUT2D eigenvalue weighted by atomic mass is 19.1. The first-order chi connectivity index (χ1) is 10.8. The first-order valence-corrected chi connectivity index (χ1v) is 7.91. The van der Waals surface area contributed by atoms with Crippen LogP contribution in [0.2, 0.25) is 0 Å². The molecule has 0 aliphatic heterocycles. The summed E-state index contributed by atoms with van der Waals surface area (Å²) in [5, 5.41) is 0. The van der Waals surface area contributed by atoms with E-state index < -0.39 is 5.95 Å². The number of ether oxygens (including phenoxy) is 1. The van der Waals surface area contributed by atoms with Gasteiger partial charge < -0.3 is 10.5 Å². The van der Waals surface area contributed by atoms with Crippen LogP contribution >= 0.6 is 0 Å². The minimum atomic E-state index is -0.479. The number of benzene rings is 1. The van der Waals surface area contributed by atoms with E-state index in [2.05, 4.69) is 18.8 Å². The van der Waals surface area contributed by atoms with Crippen molar-refractivity contribution in [3.63, 3.8) is 0 Å². The zero-order chi connectivity index (χ0) is 17.0. The molecule has 1 aromatic heterocycles. The number of halogens is 1. The van der Waals surface area contributed by atoms with Crippen molar-refractivity contribution in [1.29, 1.82) is 0 Å².